The summed E-state index contributed by atoms with van der Waals surface area (Å²) in [4.78, 5) is 27.5. The Morgan fingerprint density at radius 2 is 1.72 bits per heavy atom. The van der Waals surface area contributed by atoms with E-state index in [1.165, 1.54) is 11.8 Å². The summed E-state index contributed by atoms with van der Waals surface area (Å²) in [5.74, 6) is 0.429. The second-order valence-corrected chi connectivity index (χ2v) is 10.1. The lowest BCUT2D eigenvalue weighted by atomic mass is 10.1. The molecule has 0 fully saturated rings. The molecule has 1 N–H and O–H groups in total. The third-order valence-corrected chi connectivity index (χ3v) is 7.32. The van der Waals surface area contributed by atoms with Gasteiger partial charge < -0.3 is 10.2 Å². The molecule has 2 amide bonds. The molecule has 0 aromatic heterocycles. The van der Waals surface area contributed by atoms with Gasteiger partial charge in [-0.1, -0.05) is 65.5 Å². The molecule has 0 saturated heterocycles. The first-order chi connectivity index (χ1) is 15.1. The second-order valence-electron chi connectivity index (χ2n) is 7.49. The van der Waals surface area contributed by atoms with Crippen molar-refractivity contribution >= 4 is 70.0 Å². The van der Waals surface area contributed by atoms with E-state index in [9.17, 15) is 9.59 Å². The number of thioether (sulfide) groups is 1. The van der Waals surface area contributed by atoms with Crippen LogP contribution in [-0.2, 0) is 21.9 Å². The molecule has 0 radical (unpaired) electrons. The predicted molar refractivity (Wildman–Crippen MR) is 137 cm³/mol. The predicted octanol–water partition coefficient (Wildman–Crippen LogP) is 6.87. The Hall–Kier alpha value is -1.11. The summed E-state index contributed by atoms with van der Waals surface area (Å²) in [6.07, 6.45) is 0.801. The van der Waals surface area contributed by atoms with Gasteiger partial charge in [0.05, 0.1) is 15.8 Å². The zero-order chi connectivity index (χ0) is 23.8. The smallest absolute Gasteiger partial charge is 0.242 e. The van der Waals surface area contributed by atoms with E-state index < -0.39 is 6.04 Å². The molecular formula is C23H26Cl4N2O2S. The lowest BCUT2D eigenvalue weighted by Gasteiger charge is -2.30. The summed E-state index contributed by atoms with van der Waals surface area (Å²) in [7, 11) is 0. The van der Waals surface area contributed by atoms with Crippen LogP contribution in [0, 0.1) is 0 Å². The van der Waals surface area contributed by atoms with E-state index in [4.69, 9.17) is 46.4 Å². The van der Waals surface area contributed by atoms with E-state index in [1.54, 1.807) is 42.2 Å². The van der Waals surface area contributed by atoms with Crippen LogP contribution in [0.5, 0.6) is 0 Å². The van der Waals surface area contributed by atoms with Crippen LogP contribution in [0.3, 0.4) is 0 Å². The van der Waals surface area contributed by atoms with Crippen molar-refractivity contribution in [3.63, 3.8) is 0 Å². The van der Waals surface area contributed by atoms with Crippen LogP contribution in [0.1, 0.15) is 38.3 Å². The van der Waals surface area contributed by atoms with Gasteiger partial charge in [0.15, 0.2) is 0 Å². The SMILES string of the molecule is CC[C@H](C)NC(=O)[C@@H](C)N(Cc1ccc(Cl)cc1Cl)C(=O)CSCc1ccc(Cl)c(Cl)c1. The number of benzene rings is 2. The van der Waals surface area contributed by atoms with Crippen LogP contribution in [-0.4, -0.2) is 34.6 Å². The van der Waals surface area contributed by atoms with Gasteiger partial charge in [0.2, 0.25) is 11.8 Å². The zero-order valence-corrected chi connectivity index (χ0v) is 22.0. The van der Waals surface area contributed by atoms with Gasteiger partial charge in [0.25, 0.3) is 0 Å². The van der Waals surface area contributed by atoms with Crippen molar-refractivity contribution in [3.05, 3.63) is 67.6 Å². The maximum atomic E-state index is 13.1. The molecule has 2 atom stereocenters. The average molecular weight is 536 g/mol. The van der Waals surface area contributed by atoms with Gasteiger partial charge in [-0.05, 0) is 55.7 Å². The van der Waals surface area contributed by atoms with Crippen LogP contribution < -0.4 is 5.32 Å². The fourth-order valence-electron chi connectivity index (χ4n) is 2.85. The molecule has 174 valence electrons. The summed E-state index contributed by atoms with van der Waals surface area (Å²) in [5.41, 5.74) is 1.69. The van der Waals surface area contributed by atoms with Gasteiger partial charge in [-0.3, -0.25) is 9.59 Å². The van der Waals surface area contributed by atoms with Crippen molar-refractivity contribution < 1.29 is 9.59 Å². The van der Waals surface area contributed by atoms with Crippen LogP contribution in [0.15, 0.2) is 36.4 Å². The molecule has 32 heavy (non-hydrogen) atoms. The van der Waals surface area contributed by atoms with Crippen molar-refractivity contribution in [2.75, 3.05) is 5.75 Å². The highest BCUT2D eigenvalue weighted by atomic mass is 35.5. The molecular weight excluding hydrogens is 510 g/mol. The van der Waals surface area contributed by atoms with Crippen molar-refractivity contribution in [2.45, 2.75) is 51.6 Å². The summed E-state index contributed by atoms with van der Waals surface area (Å²) >= 11 is 25.8. The standard InChI is InChI=1S/C23H26Cl4N2O2S/c1-4-14(2)28-23(31)15(3)29(11-17-6-7-18(24)10-20(17)26)22(30)13-32-12-16-5-8-19(25)21(27)9-16/h5-10,14-15H,4,11-13H2,1-3H3,(H,28,31)/t14-,15+/m0/s1. The largest absolute Gasteiger partial charge is 0.352 e. The van der Waals surface area contributed by atoms with Crippen LogP contribution in [0.2, 0.25) is 20.1 Å². The number of carbonyl (C=O) groups excluding carboxylic acids is 2. The molecule has 0 heterocycles. The first-order valence-electron chi connectivity index (χ1n) is 10.2. The molecule has 0 bridgehead atoms. The van der Waals surface area contributed by atoms with E-state index in [1.807, 2.05) is 19.9 Å². The maximum Gasteiger partial charge on any atom is 0.242 e. The molecule has 0 saturated carbocycles. The molecule has 0 aliphatic carbocycles. The van der Waals surface area contributed by atoms with Crippen LogP contribution >= 0.6 is 58.2 Å². The highest BCUT2D eigenvalue weighted by molar-refractivity contribution is 7.99. The molecule has 4 nitrogen and oxygen atoms in total. The minimum atomic E-state index is -0.658. The monoisotopic (exact) mass is 534 g/mol. The number of hydrogen-bond donors (Lipinski definition) is 1. The maximum absolute atomic E-state index is 13.1. The molecule has 0 aliphatic rings. The molecule has 9 heteroatoms. The molecule has 2 aromatic carbocycles. The molecule has 0 unspecified atom stereocenters. The average Bonchev–Trinajstić information content (AvgIpc) is 2.75. The Morgan fingerprint density at radius 1 is 1.00 bits per heavy atom. The Kier molecular flexibility index (Phi) is 11.0. The highest BCUT2D eigenvalue weighted by Gasteiger charge is 2.27. The third-order valence-electron chi connectivity index (χ3n) is 5.00. The molecule has 2 rings (SSSR count). The van der Waals surface area contributed by atoms with Gasteiger partial charge in [0, 0.05) is 28.4 Å². The minimum Gasteiger partial charge on any atom is -0.352 e. The Balaban J connectivity index is 2.13. The zero-order valence-electron chi connectivity index (χ0n) is 18.1. The normalized spacial score (nSPS) is 12.8. The summed E-state index contributed by atoms with van der Waals surface area (Å²) in [6.45, 7) is 5.85. The number of rotatable bonds is 10. The van der Waals surface area contributed by atoms with Gasteiger partial charge in [-0.25, -0.2) is 0 Å². The lowest BCUT2D eigenvalue weighted by molar-refractivity contribution is -0.138. The van der Waals surface area contributed by atoms with E-state index in [0.29, 0.717) is 25.8 Å². The van der Waals surface area contributed by atoms with E-state index in [0.717, 1.165) is 17.5 Å². The molecule has 0 aliphatic heterocycles. The summed E-state index contributed by atoms with van der Waals surface area (Å²) < 4.78 is 0. The number of carbonyl (C=O) groups is 2. The number of nitrogens with one attached hydrogen (secondary N) is 1. The number of halogens is 4. The summed E-state index contributed by atoms with van der Waals surface area (Å²) in [6, 6.07) is 9.87. The Bertz CT molecular complexity index is 958. The topological polar surface area (TPSA) is 49.4 Å². The van der Waals surface area contributed by atoms with Gasteiger partial charge in [-0.2, -0.15) is 0 Å². The third kappa shape index (κ3) is 8.03. The van der Waals surface area contributed by atoms with Crippen molar-refractivity contribution in [3.8, 4) is 0 Å². The van der Waals surface area contributed by atoms with Crippen molar-refractivity contribution in [2.24, 2.45) is 0 Å². The first-order valence-corrected chi connectivity index (χ1v) is 12.8. The quantitative estimate of drug-likeness (QED) is 0.361. The van der Waals surface area contributed by atoms with Gasteiger partial charge in [0.1, 0.15) is 6.04 Å². The molecule has 0 spiro atoms. The van der Waals surface area contributed by atoms with E-state index in [2.05, 4.69) is 5.32 Å². The lowest BCUT2D eigenvalue weighted by Crippen LogP contribution is -2.50. The van der Waals surface area contributed by atoms with Gasteiger partial charge >= 0.3 is 0 Å². The number of nitrogens with zero attached hydrogens (tertiary/aromatic N) is 1. The number of amides is 2. The van der Waals surface area contributed by atoms with Crippen LogP contribution in [0.25, 0.3) is 0 Å². The summed E-state index contributed by atoms with van der Waals surface area (Å²) in [5, 5.41) is 4.88. The Morgan fingerprint density at radius 3 is 2.34 bits per heavy atom. The minimum absolute atomic E-state index is 0.0186. The molecule has 2 aromatic rings. The first kappa shape index (κ1) is 27.1. The Labute approximate surface area is 213 Å². The fraction of sp³-hybridized carbons (Fsp3) is 0.391. The van der Waals surface area contributed by atoms with Crippen molar-refractivity contribution in [1.82, 2.24) is 10.2 Å². The van der Waals surface area contributed by atoms with Crippen LogP contribution in [0.4, 0.5) is 0 Å². The van der Waals surface area contributed by atoms with E-state index >= 15 is 0 Å². The van der Waals surface area contributed by atoms with Gasteiger partial charge in [-0.15, -0.1) is 11.8 Å². The number of hydrogen-bond acceptors (Lipinski definition) is 3. The van der Waals surface area contributed by atoms with Crippen molar-refractivity contribution in [1.29, 1.82) is 0 Å². The second kappa shape index (κ2) is 13.0. The highest BCUT2D eigenvalue weighted by Crippen LogP contribution is 2.26. The van der Waals surface area contributed by atoms with E-state index in [-0.39, 0.29) is 30.2 Å². The fourth-order valence-corrected chi connectivity index (χ4v) is 4.50.